The van der Waals surface area contributed by atoms with Gasteiger partial charge in [-0.25, -0.2) is 9.69 Å². The number of anilines is 1. The number of amides is 2. The van der Waals surface area contributed by atoms with Gasteiger partial charge >= 0.3 is 5.97 Å². The van der Waals surface area contributed by atoms with Crippen molar-refractivity contribution in [2.75, 3.05) is 11.5 Å². The summed E-state index contributed by atoms with van der Waals surface area (Å²) in [6.45, 7) is 7.47. The van der Waals surface area contributed by atoms with E-state index in [1.54, 1.807) is 37.3 Å². The number of imide groups is 1. The second kappa shape index (κ2) is 9.26. The van der Waals surface area contributed by atoms with E-state index >= 15 is 0 Å². The lowest BCUT2D eigenvalue weighted by atomic mass is 10.1. The third kappa shape index (κ3) is 4.91. The van der Waals surface area contributed by atoms with Crippen LogP contribution in [0.25, 0.3) is 6.08 Å². The second-order valence-corrected chi connectivity index (χ2v) is 8.02. The molecular weight excluding hydrogens is 418 g/mol. The standard InChI is InChI=1S/C23H23NO6S/c1-5-29-19-11-16(7-9-18(19)30-15(4)22(26)27)12-20-21(25)24(23(28)31-20)17-8-6-13(2)14(3)10-17/h6-12,15H,5H2,1-4H3,(H,26,27)/b20-12+. The highest BCUT2D eigenvalue weighted by molar-refractivity contribution is 8.19. The first kappa shape index (κ1) is 22.4. The van der Waals surface area contributed by atoms with Crippen LogP contribution < -0.4 is 14.4 Å². The molecule has 0 spiro atoms. The lowest BCUT2D eigenvalue weighted by Crippen LogP contribution is -2.27. The molecule has 1 saturated heterocycles. The molecule has 0 bridgehead atoms. The zero-order chi connectivity index (χ0) is 22.7. The summed E-state index contributed by atoms with van der Waals surface area (Å²) in [6.07, 6.45) is 0.568. The van der Waals surface area contributed by atoms with E-state index in [1.807, 2.05) is 26.0 Å². The lowest BCUT2D eigenvalue weighted by Gasteiger charge is -2.15. The molecule has 0 aliphatic carbocycles. The average molecular weight is 442 g/mol. The highest BCUT2D eigenvalue weighted by Crippen LogP contribution is 2.37. The van der Waals surface area contributed by atoms with Gasteiger partial charge in [0.1, 0.15) is 0 Å². The summed E-state index contributed by atoms with van der Waals surface area (Å²) >= 11 is 0.868. The Balaban J connectivity index is 1.89. The maximum atomic E-state index is 12.9. The Morgan fingerprint density at radius 1 is 1.13 bits per heavy atom. The number of thioether (sulfide) groups is 1. The average Bonchev–Trinajstić information content (AvgIpc) is 2.99. The number of benzene rings is 2. The number of rotatable bonds is 7. The maximum absolute atomic E-state index is 12.9. The summed E-state index contributed by atoms with van der Waals surface area (Å²) in [7, 11) is 0. The molecule has 3 rings (SSSR count). The minimum atomic E-state index is -1.09. The Bertz CT molecular complexity index is 1080. The van der Waals surface area contributed by atoms with Crippen molar-refractivity contribution in [2.45, 2.75) is 33.8 Å². The molecule has 0 saturated carbocycles. The topological polar surface area (TPSA) is 93.1 Å². The zero-order valence-electron chi connectivity index (χ0n) is 17.7. The van der Waals surface area contributed by atoms with Crippen molar-refractivity contribution in [3.8, 4) is 11.5 Å². The number of aryl methyl sites for hydroxylation is 2. The molecule has 1 aliphatic heterocycles. The van der Waals surface area contributed by atoms with Crippen LogP contribution in [0.2, 0.25) is 0 Å². The number of hydrogen-bond acceptors (Lipinski definition) is 6. The van der Waals surface area contributed by atoms with Crippen LogP contribution in [0, 0.1) is 13.8 Å². The van der Waals surface area contributed by atoms with Crippen molar-refractivity contribution >= 4 is 40.6 Å². The van der Waals surface area contributed by atoms with Gasteiger partial charge in [0.2, 0.25) is 0 Å². The molecule has 1 heterocycles. The third-order valence-electron chi connectivity index (χ3n) is 4.76. The third-order valence-corrected chi connectivity index (χ3v) is 5.63. The molecule has 2 aromatic carbocycles. The SMILES string of the molecule is CCOc1cc(/C=C2/SC(=O)N(c3ccc(C)c(C)c3)C2=O)ccc1OC(C)C(=O)O. The number of carboxylic acids is 1. The van der Waals surface area contributed by atoms with Crippen LogP contribution in [0.1, 0.15) is 30.5 Å². The van der Waals surface area contributed by atoms with E-state index < -0.39 is 18.0 Å². The van der Waals surface area contributed by atoms with Crippen molar-refractivity contribution in [2.24, 2.45) is 0 Å². The molecule has 1 unspecified atom stereocenters. The van der Waals surface area contributed by atoms with Gasteiger partial charge in [-0.3, -0.25) is 9.59 Å². The van der Waals surface area contributed by atoms with E-state index in [2.05, 4.69) is 0 Å². The molecule has 162 valence electrons. The van der Waals surface area contributed by atoms with Crippen LogP contribution in [0.4, 0.5) is 10.5 Å². The molecule has 8 heteroatoms. The van der Waals surface area contributed by atoms with Crippen molar-refractivity contribution < 1.29 is 29.0 Å². The molecule has 2 amide bonds. The van der Waals surface area contributed by atoms with Crippen LogP contribution >= 0.6 is 11.8 Å². The molecule has 1 aliphatic rings. The Labute approximate surface area is 184 Å². The Hall–Kier alpha value is -3.26. The number of hydrogen-bond donors (Lipinski definition) is 1. The first-order valence-corrected chi connectivity index (χ1v) is 10.5. The number of aliphatic carboxylic acids is 1. The molecule has 1 N–H and O–H groups in total. The van der Waals surface area contributed by atoms with Gasteiger partial charge in [-0.2, -0.15) is 0 Å². The predicted molar refractivity (Wildman–Crippen MR) is 120 cm³/mol. The van der Waals surface area contributed by atoms with Gasteiger partial charge in [0.15, 0.2) is 17.6 Å². The highest BCUT2D eigenvalue weighted by Gasteiger charge is 2.36. The molecule has 7 nitrogen and oxygen atoms in total. The number of carboxylic acid groups (broad SMARTS) is 1. The monoisotopic (exact) mass is 441 g/mol. The normalized spacial score (nSPS) is 16.0. The quantitative estimate of drug-likeness (QED) is 0.617. The predicted octanol–water partition coefficient (Wildman–Crippen LogP) is 4.79. The maximum Gasteiger partial charge on any atom is 0.344 e. The van der Waals surface area contributed by atoms with Gasteiger partial charge in [0.25, 0.3) is 11.1 Å². The smallest absolute Gasteiger partial charge is 0.344 e. The summed E-state index contributed by atoms with van der Waals surface area (Å²) in [4.78, 5) is 38.0. The van der Waals surface area contributed by atoms with Gasteiger partial charge in [-0.05, 0) is 86.5 Å². The van der Waals surface area contributed by atoms with E-state index in [-0.39, 0.29) is 11.0 Å². The van der Waals surface area contributed by atoms with Gasteiger partial charge in [0.05, 0.1) is 17.2 Å². The number of carbonyl (C=O) groups is 3. The van der Waals surface area contributed by atoms with Gasteiger partial charge < -0.3 is 14.6 Å². The fourth-order valence-corrected chi connectivity index (χ4v) is 3.77. The molecule has 31 heavy (non-hydrogen) atoms. The summed E-state index contributed by atoms with van der Waals surface area (Å²) in [6, 6.07) is 10.4. The lowest BCUT2D eigenvalue weighted by molar-refractivity contribution is -0.144. The second-order valence-electron chi connectivity index (χ2n) is 7.02. The van der Waals surface area contributed by atoms with Crippen molar-refractivity contribution in [3.05, 3.63) is 58.0 Å². The Kier molecular flexibility index (Phi) is 6.70. The number of nitrogens with zero attached hydrogens (tertiary/aromatic N) is 1. The van der Waals surface area contributed by atoms with Gasteiger partial charge in [0, 0.05) is 0 Å². The van der Waals surface area contributed by atoms with Crippen LogP contribution in [0.3, 0.4) is 0 Å². The van der Waals surface area contributed by atoms with Crippen molar-refractivity contribution in [1.82, 2.24) is 0 Å². The molecule has 1 fully saturated rings. The zero-order valence-corrected chi connectivity index (χ0v) is 18.5. The highest BCUT2D eigenvalue weighted by atomic mass is 32.2. The molecule has 0 aromatic heterocycles. The first-order chi connectivity index (χ1) is 14.7. The van der Waals surface area contributed by atoms with Gasteiger partial charge in [-0.1, -0.05) is 12.1 Å². The summed E-state index contributed by atoms with van der Waals surface area (Å²) in [5, 5.41) is 8.70. The van der Waals surface area contributed by atoms with Crippen LogP contribution in [-0.4, -0.2) is 34.9 Å². The van der Waals surface area contributed by atoms with Crippen molar-refractivity contribution in [3.63, 3.8) is 0 Å². The largest absolute Gasteiger partial charge is 0.490 e. The molecule has 0 radical (unpaired) electrons. The Morgan fingerprint density at radius 2 is 1.87 bits per heavy atom. The molecule has 2 aromatic rings. The number of carbonyl (C=O) groups excluding carboxylic acids is 2. The van der Waals surface area contributed by atoms with Crippen molar-refractivity contribution in [1.29, 1.82) is 0 Å². The first-order valence-electron chi connectivity index (χ1n) is 9.72. The summed E-state index contributed by atoms with van der Waals surface area (Å²) < 4.78 is 11.0. The fourth-order valence-electron chi connectivity index (χ4n) is 2.93. The van der Waals surface area contributed by atoms with Crippen LogP contribution in [-0.2, 0) is 9.59 Å². The fraction of sp³-hybridized carbons (Fsp3) is 0.261. The molecular formula is C23H23NO6S. The molecule has 1 atom stereocenters. The number of ether oxygens (including phenoxy) is 2. The van der Waals surface area contributed by atoms with Gasteiger partial charge in [-0.15, -0.1) is 0 Å². The minimum Gasteiger partial charge on any atom is -0.490 e. The summed E-state index contributed by atoms with van der Waals surface area (Å²) in [5.74, 6) is -0.836. The van der Waals surface area contributed by atoms with E-state index in [9.17, 15) is 14.4 Å². The minimum absolute atomic E-state index is 0.289. The van der Waals surface area contributed by atoms with Crippen LogP contribution in [0.5, 0.6) is 11.5 Å². The van der Waals surface area contributed by atoms with E-state index in [4.69, 9.17) is 14.6 Å². The van der Waals surface area contributed by atoms with E-state index in [0.717, 1.165) is 22.9 Å². The van der Waals surface area contributed by atoms with Crippen LogP contribution in [0.15, 0.2) is 41.3 Å². The van der Waals surface area contributed by atoms with E-state index in [1.165, 1.54) is 11.8 Å². The Morgan fingerprint density at radius 3 is 2.52 bits per heavy atom. The summed E-state index contributed by atoms with van der Waals surface area (Å²) in [5.41, 5.74) is 3.24. The van der Waals surface area contributed by atoms with E-state index in [0.29, 0.717) is 28.5 Å².